The van der Waals surface area contributed by atoms with E-state index in [-0.39, 0.29) is 21.7 Å². The summed E-state index contributed by atoms with van der Waals surface area (Å²) in [5.41, 5.74) is 0.932. The maximum absolute atomic E-state index is 12.8. The van der Waals surface area contributed by atoms with E-state index in [1.807, 2.05) is 12.1 Å². The summed E-state index contributed by atoms with van der Waals surface area (Å²) in [6.45, 7) is 4.62. The quantitative estimate of drug-likeness (QED) is 0.359. The second kappa shape index (κ2) is 12.6. The molecule has 11 nitrogen and oxygen atoms in total. The van der Waals surface area contributed by atoms with Crippen molar-refractivity contribution in [1.29, 1.82) is 0 Å². The molecule has 0 bridgehead atoms. The number of hydrogen-bond donors (Lipinski definition) is 2. The van der Waals surface area contributed by atoms with Gasteiger partial charge < -0.3 is 24.8 Å². The molecule has 204 valence electrons. The van der Waals surface area contributed by atoms with Crippen LogP contribution >= 0.6 is 11.6 Å². The van der Waals surface area contributed by atoms with Crippen molar-refractivity contribution in [1.82, 2.24) is 19.2 Å². The van der Waals surface area contributed by atoms with Gasteiger partial charge in [-0.05, 0) is 24.3 Å². The molecule has 3 aromatic rings. The SMILES string of the molecule is COc1ccc(OCCN2CCOCC2)cc1Nc1ncc(Cl)c(Nc2ccccc2S(=O)(=O)N(C)C)n1. The van der Waals surface area contributed by atoms with Crippen LogP contribution in [-0.2, 0) is 14.8 Å². The third-order valence-electron chi connectivity index (χ3n) is 5.84. The number of aromatic nitrogens is 2. The minimum absolute atomic E-state index is 0.0952. The van der Waals surface area contributed by atoms with Gasteiger partial charge in [-0.1, -0.05) is 23.7 Å². The van der Waals surface area contributed by atoms with Gasteiger partial charge in [-0.15, -0.1) is 0 Å². The van der Waals surface area contributed by atoms with Crippen molar-refractivity contribution in [2.75, 3.05) is 71.3 Å². The van der Waals surface area contributed by atoms with Gasteiger partial charge in [0.25, 0.3) is 0 Å². The summed E-state index contributed by atoms with van der Waals surface area (Å²) < 4.78 is 43.5. The summed E-state index contributed by atoms with van der Waals surface area (Å²) in [5, 5.41) is 6.39. The predicted octanol–water partition coefficient (Wildman–Crippen LogP) is 3.59. The number of nitrogens with zero attached hydrogens (tertiary/aromatic N) is 4. The Hall–Kier alpha value is -3.16. The highest BCUT2D eigenvalue weighted by Gasteiger charge is 2.22. The largest absolute Gasteiger partial charge is 0.495 e. The van der Waals surface area contributed by atoms with E-state index in [1.165, 1.54) is 26.4 Å². The van der Waals surface area contributed by atoms with E-state index in [9.17, 15) is 8.42 Å². The lowest BCUT2D eigenvalue weighted by molar-refractivity contribution is 0.0322. The number of para-hydroxylation sites is 1. The summed E-state index contributed by atoms with van der Waals surface area (Å²) in [6.07, 6.45) is 1.43. The van der Waals surface area contributed by atoms with Crippen molar-refractivity contribution in [2.24, 2.45) is 0 Å². The number of methoxy groups -OCH3 is 1. The van der Waals surface area contributed by atoms with Crippen LogP contribution in [-0.4, -0.2) is 88.3 Å². The van der Waals surface area contributed by atoms with Gasteiger partial charge in [-0.3, -0.25) is 4.90 Å². The number of hydrogen-bond acceptors (Lipinski definition) is 10. The standard InChI is InChI=1S/C25H31ClN6O5S/c1-31(2)38(33,34)23-7-5-4-6-20(23)28-24-19(26)17-27-25(30-24)29-21-16-18(8-9-22(21)35-3)37-15-12-32-10-13-36-14-11-32/h4-9,16-17H,10-15H2,1-3H3,(H2,27,28,29,30). The second-order valence-electron chi connectivity index (χ2n) is 8.59. The molecule has 2 N–H and O–H groups in total. The van der Waals surface area contributed by atoms with Gasteiger partial charge in [-0.25, -0.2) is 17.7 Å². The number of rotatable bonds is 11. The van der Waals surface area contributed by atoms with Crippen LogP contribution in [0.2, 0.25) is 5.02 Å². The molecule has 0 aliphatic carbocycles. The molecule has 0 amide bonds. The van der Waals surface area contributed by atoms with Gasteiger partial charge in [0.15, 0.2) is 5.82 Å². The molecule has 0 spiro atoms. The highest BCUT2D eigenvalue weighted by atomic mass is 35.5. The Balaban J connectivity index is 1.51. The van der Waals surface area contributed by atoms with E-state index in [4.69, 9.17) is 25.8 Å². The van der Waals surface area contributed by atoms with Crippen LogP contribution in [0.15, 0.2) is 53.6 Å². The van der Waals surface area contributed by atoms with Crippen molar-refractivity contribution in [2.45, 2.75) is 4.90 Å². The maximum atomic E-state index is 12.8. The molecule has 38 heavy (non-hydrogen) atoms. The Morgan fingerprint density at radius 2 is 1.87 bits per heavy atom. The number of morpholine rings is 1. The highest BCUT2D eigenvalue weighted by Crippen LogP contribution is 2.33. The van der Waals surface area contributed by atoms with Crippen LogP contribution in [0.3, 0.4) is 0 Å². The Kier molecular flexibility index (Phi) is 9.23. The molecule has 2 heterocycles. The molecule has 0 unspecified atom stereocenters. The van der Waals surface area contributed by atoms with E-state index in [2.05, 4.69) is 25.5 Å². The smallest absolute Gasteiger partial charge is 0.244 e. The van der Waals surface area contributed by atoms with Crippen LogP contribution in [0.25, 0.3) is 0 Å². The van der Waals surface area contributed by atoms with E-state index >= 15 is 0 Å². The van der Waals surface area contributed by atoms with Crippen molar-refractivity contribution in [3.8, 4) is 11.5 Å². The van der Waals surface area contributed by atoms with E-state index in [0.717, 1.165) is 37.2 Å². The molecule has 1 aliphatic heterocycles. The van der Waals surface area contributed by atoms with Crippen LogP contribution in [0.5, 0.6) is 11.5 Å². The lowest BCUT2D eigenvalue weighted by atomic mass is 10.2. The van der Waals surface area contributed by atoms with Gasteiger partial charge in [0, 0.05) is 39.8 Å². The van der Waals surface area contributed by atoms with Crippen molar-refractivity contribution in [3.63, 3.8) is 0 Å². The number of halogens is 1. The molecule has 0 radical (unpaired) electrons. The number of sulfonamides is 1. The minimum Gasteiger partial charge on any atom is -0.495 e. The topological polar surface area (TPSA) is 118 Å². The van der Waals surface area contributed by atoms with E-state index in [0.29, 0.717) is 29.5 Å². The zero-order valence-corrected chi connectivity index (χ0v) is 23.1. The molecule has 1 saturated heterocycles. The van der Waals surface area contributed by atoms with E-state index < -0.39 is 10.0 Å². The first kappa shape index (κ1) is 27.9. The van der Waals surface area contributed by atoms with Crippen molar-refractivity contribution < 1.29 is 22.6 Å². The molecule has 1 aliphatic rings. The maximum Gasteiger partial charge on any atom is 0.244 e. The summed E-state index contributed by atoms with van der Waals surface area (Å²) >= 11 is 6.35. The average molecular weight is 563 g/mol. The first-order chi connectivity index (χ1) is 18.3. The summed E-state index contributed by atoms with van der Waals surface area (Å²) in [7, 11) is 0.812. The molecular weight excluding hydrogens is 532 g/mol. The Labute approximate surface area is 227 Å². The number of ether oxygens (including phenoxy) is 3. The summed E-state index contributed by atoms with van der Waals surface area (Å²) in [6, 6.07) is 12.0. The second-order valence-corrected chi connectivity index (χ2v) is 11.1. The molecule has 0 saturated carbocycles. The van der Waals surface area contributed by atoms with Gasteiger partial charge in [0.05, 0.1) is 37.9 Å². The molecule has 13 heteroatoms. The van der Waals surface area contributed by atoms with Crippen LogP contribution in [0, 0.1) is 0 Å². The van der Waals surface area contributed by atoms with Gasteiger partial charge in [-0.2, -0.15) is 4.98 Å². The van der Waals surface area contributed by atoms with Crippen LogP contribution in [0.1, 0.15) is 0 Å². The molecule has 2 aromatic carbocycles. The summed E-state index contributed by atoms with van der Waals surface area (Å²) in [4.78, 5) is 11.1. The first-order valence-electron chi connectivity index (χ1n) is 12.0. The number of anilines is 4. The number of nitrogens with one attached hydrogen (secondary N) is 2. The lowest BCUT2D eigenvalue weighted by Crippen LogP contribution is -2.38. The minimum atomic E-state index is -3.70. The lowest BCUT2D eigenvalue weighted by Gasteiger charge is -2.26. The zero-order valence-electron chi connectivity index (χ0n) is 21.5. The van der Waals surface area contributed by atoms with Gasteiger partial charge in [0.1, 0.15) is 28.0 Å². The average Bonchev–Trinajstić information content (AvgIpc) is 2.91. The third-order valence-corrected chi connectivity index (χ3v) is 7.99. The Morgan fingerprint density at radius 1 is 1.11 bits per heavy atom. The Morgan fingerprint density at radius 3 is 2.61 bits per heavy atom. The third kappa shape index (κ3) is 6.83. The fraction of sp³-hybridized carbons (Fsp3) is 0.360. The number of benzene rings is 2. The van der Waals surface area contributed by atoms with Crippen molar-refractivity contribution >= 4 is 44.8 Å². The molecule has 0 atom stereocenters. The van der Waals surface area contributed by atoms with E-state index in [1.54, 1.807) is 31.4 Å². The normalized spacial score (nSPS) is 14.3. The van der Waals surface area contributed by atoms with Crippen LogP contribution < -0.4 is 20.1 Å². The molecule has 4 rings (SSSR count). The zero-order chi connectivity index (χ0) is 27.1. The van der Waals surface area contributed by atoms with Crippen molar-refractivity contribution in [3.05, 3.63) is 53.7 Å². The molecule has 1 fully saturated rings. The fourth-order valence-corrected chi connectivity index (χ4v) is 4.93. The summed E-state index contributed by atoms with van der Waals surface area (Å²) in [5.74, 6) is 1.70. The van der Waals surface area contributed by atoms with Gasteiger partial charge >= 0.3 is 0 Å². The Bertz CT molecular complexity index is 1350. The molecular formula is C25H31ClN6O5S. The monoisotopic (exact) mass is 562 g/mol. The van der Waals surface area contributed by atoms with Gasteiger partial charge in [0.2, 0.25) is 16.0 Å². The highest BCUT2D eigenvalue weighted by molar-refractivity contribution is 7.89. The predicted molar refractivity (Wildman–Crippen MR) is 147 cm³/mol. The first-order valence-corrected chi connectivity index (χ1v) is 13.8. The van der Waals surface area contributed by atoms with Crippen LogP contribution in [0.4, 0.5) is 23.1 Å². The molecule has 1 aromatic heterocycles. The fourth-order valence-electron chi connectivity index (χ4n) is 3.75.